The van der Waals surface area contributed by atoms with Crippen molar-refractivity contribution in [2.75, 3.05) is 26.7 Å². The van der Waals surface area contributed by atoms with Crippen LogP contribution in [0.1, 0.15) is 0 Å². The standard InChI is InChI=1S/C20H21ClN4O5S2/c1-22-20(26)17-13-24(10-9-23-17)32(29,30)19-12-14-11-15(21)7-8-18(14)25(19)31(27,28)16-5-3-2-4-6-16/h2-8,11-12,17,23H,9-10,13H2,1H3,(H,22,26). The average Bonchev–Trinajstić information content (AvgIpc) is 3.19. The van der Waals surface area contributed by atoms with Gasteiger partial charge in [-0.1, -0.05) is 29.8 Å². The van der Waals surface area contributed by atoms with Crippen LogP contribution < -0.4 is 10.6 Å². The third-order valence-electron chi connectivity index (χ3n) is 5.27. The number of sulfonamides is 1. The summed E-state index contributed by atoms with van der Waals surface area (Å²) in [6.45, 7) is 0.202. The first kappa shape index (κ1) is 22.7. The van der Waals surface area contributed by atoms with Crippen molar-refractivity contribution in [1.29, 1.82) is 0 Å². The molecule has 1 atom stereocenters. The van der Waals surface area contributed by atoms with Crippen LogP contribution in [0.4, 0.5) is 0 Å². The smallest absolute Gasteiger partial charge is 0.269 e. The van der Waals surface area contributed by atoms with E-state index in [9.17, 15) is 21.6 Å². The van der Waals surface area contributed by atoms with Crippen LogP contribution in [-0.4, -0.2) is 63.7 Å². The Hall–Kier alpha value is -2.44. The Balaban J connectivity index is 1.91. The number of likely N-dealkylation sites (N-methyl/N-ethyl adjacent to an activating group) is 1. The molecule has 170 valence electrons. The summed E-state index contributed by atoms with van der Waals surface area (Å²) in [6, 6.07) is 12.6. The van der Waals surface area contributed by atoms with Crippen LogP contribution in [0, 0.1) is 0 Å². The highest BCUT2D eigenvalue weighted by Gasteiger charge is 2.37. The molecule has 2 heterocycles. The van der Waals surface area contributed by atoms with E-state index in [1.807, 2.05) is 0 Å². The summed E-state index contributed by atoms with van der Waals surface area (Å²) in [5.74, 6) is -0.353. The zero-order chi connectivity index (χ0) is 23.1. The molecule has 0 bridgehead atoms. The second kappa shape index (κ2) is 8.49. The first-order valence-electron chi connectivity index (χ1n) is 9.73. The molecule has 0 radical (unpaired) electrons. The number of amides is 1. The van der Waals surface area contributed by atoms with Gasteiger partial charge in [0.15, 0.2) is 5.03 Å². The number of nitrogens with one attached hydrogen (secondary N) is 2. The van der Waals surface area contributed by atoms with Crippen molar-refractivity contribution >= 4 is 48.5 Å². The van der Waals surface area contributed by atoms with Gasteiger partial charge in [0, 0.05) is 37.1 Å². The fourth-order valence-electron chi connectivity index (χ4n) is 3.68. The molecule has 32 heavy (non-hydrogen) atoms. The molecule has 3 aromatic rings. The number of carbonyl (C=O) groups is 1. The maximum atomic E-state index is 13.6. The normalized spacial score (nSPS) is 18.0. The maximum absolute atomic E-state index is 13.6. The number of carbonyl (C=O) groups excluding carboxylic acids is 1. The van der Waals surface area contributed by atoms with Crippen LogP contribution in [0.15, 0.2) is 64.5 Å². The van der Waals surface area contributed by atoms with E-state index in [4.69, 9.17) is 11.6 Å². The van der Waals surface area contributed by atoms with E-state index in [0.29, 0.717) is 10.4 Å². The number of benzene rings is 2. The second-order valence-electron chi connectivity index (χ2n) is 7.25. The summed E-state index contributed by atoms with van der Waals surface area (Å²) in [5, 5.41) is 5.77. The molecule has 1 aliphatic heterocycles. The summed E-state index contributed by atoms with van der Waals surface area (Å²) in [7, 11) is -7.06. The lowest BCUT2D eigenvalue weighted by Crippen LogP contribution is -2.58. The molecule has 2 aromatic carbocycles. The highest BCUT2D eigenvalue weighted by molar-refractivity contribution is 7.92. The molecule has 0 saturated carbocycles. The van der Waals surface area contributed by atoms with Gasteiger partial charge in [-0.25, -0.2) is 20.8 Å². The Bertz CT molecular complexity index is 1390. The summed E-state index contributed by atoms with van der Waals surface area (Å²) >= 11 is 6.07. The summed E-state index contributed by atoms with van der Waals surface area (Å²) < 4.78 is 56.3. The van der Waals surface area contributed by atoms with Crippen LogP contribution in [0.3, 0.4) is 0 Å². The van der Waals surface area contributed by atoms with Gasteiger partial charge in [-0.05, 0) is 36.4 Å². The maximum Gasteiger partial charge on any atom is 0.269 e. The Morgan fingerprint density at radius 3 is 2.47 bits per heavy atom. The lowest BCUT2D eigenvalue weighted by atomic mass is 10.2. The van der Waals surface area contributed by atoms with Gasteiger partial charge in [0.25, 0.3) is 20.0 Å². The Morgan fingerprint density at radius 1 is 1.06 bits per heavy atom. The third-order valence-corrected chi connectivity index (χ3v) is 9.21. The fraction of sp³-hybridized carbons (Fsp3) is 0.250. The molecule has 1 unspecified atom stereocenters. The monoisotopic (exact) mass is 496 g/mol. The van der Waals surface area contributed by atoms with E-state index in [-0.39, 0.29) is 36.0 Å². The van der Waals surface area contributed by atoms with E-state index in [1.54, 1.807) is 18.2 Å². The van der Waals surface area contributed by atoms with Crippen molar-refractivity contribution in [3.8, 4) is 0 Å². The highest BCUT2D eigenvalue weighted by atomic mass is 35.5. The molecular weight excluding hydrogens is 476 g/mol. The zero-order valence-electron chi connectivity index (χ0n) is 17.0. The fourth-order valence-corrected chi connectivity index (χ4v) is 7.39. The third kappa shape index (κ3) is 3.90. The number of rotatable bonds is 5. The molecule has 0 spiro atoms. The molecule has 2 N–H and O–H groups in total. The van der Waals surface area contributed by atoms with E-state index >= 15 is 0 Å². The molecular formula is C20H21ClN4O5S2. The van der Waals surface area contributed by atoms with Gasteiger partial charge in [-0.15, -0.1) is 0 Å². The van der Waals surface area contributed by atoms with Crippen LogP contribution in [0.5, 0.6) is 0 Å². The van der Waals surface area contributed by atoms with Crippen molar-refractivity contribution in [2.45, 2.75) is 16.0 Å². The number of hydrogen-bond donors (Lipinski definition) is 2. The van der Waals surface area contributed by atoms with Crippen LogP contribution in [0.25, 0.3) is 10.9 Å². The van der Waals surface area contributed by atoms with Crippen molar-refractivity contribution in [3.63, 3.8) is 0 Å². The van der Waals surface area contributed by atoms with E-state index in [2.05, 4.69) is 10.6 Å². The van der Waals surface area contributed by atoms with E-state index in [0.717, 1.165) is 8.28 Å². The molecule has 9 nitrogen and oxygen atoms in total. The highest BCUT2D eigenvalue weighted by Crippen LogP contribution is 2.32. The van der Waals surface area contributed by atoms with Gasteiger partial charge >= 0.3 is 0 Å². The van der Waals surface area contributed by atoms with Crippen molar-refractivity contribution < 1.29 is 21.6 Å². The van der Waals surface area contributed by atoms with E-state index in [1.165, 1.54) is 43.4 Å². The number of halogens is 1. The van der Waals surface area contributed by atoms with Gasteiger partial charge in [-0.2, -0.15) is 4.31 Å². The quantitative estimate of drug-likeness (QED) is 0.548. The molecule has 4 rings (SSSR count). The predicted molar refractivity (Wildman–Crippen MR) is 121 cm³/mol. The number of hydrogen-bond acceptors (Lipinski definition) is 6. The number of aromatic nitrogens is 1. The van der Waals surface area contributed by atoms with Crippen LogP contribution >= 0.6 is 11.6 Å². The first-order chi connectivity index (χ1) is 15.2. The van der Waals surface area contributed by atoms with Crippen molar-refractivity contribution in [2.24, 2.45) is 0 Å². The lowest BCUT2D eigenvalue weighted by molar-refractivity contribution is -0.123. The number of nitrogens with zero attached hydrogens (tertiary/aromatic N) is 2. The number of fused-ring (bicyclic) bond motifs is 1. The largest absolute Gasteiger partial charge is 0.358 e. The molecule has 12 heteroatoms. The van der Waals surface area contributed by atoms with Gasteiger partial charge in [0.1, 0.15) is 6.04 Å². The average molecular weight is 497 g/mol. The van der Waals surface area contributed by atoms with E-state index < -0.39 is 31.1 Å². The Kier molecular flexibility index (Phi) is 6.03. The van der Waals surface area contributed by atoms with Crippen molar-refractivity contribution in [3.05, 3.63) is 59.6 Å². The molecule has 0 aliphatic carbocycles. The first-order valence-corrected chi connectivity index (χ1v) is 13.0. The second-order valence-corrected chi connectivity index (χ2v) is 11.4. The molecule has 1 aromatic heterocycles. The minimum absolute atomic E-state index is 0.0487. The molecule has 1 aliphatic rings. The van der Waals surface area contributed by atoms with Crippen molar-refractivity contribution in [1.82, 2.24) is 18.9 Å². The van der Waals surface area contributed by atoms with Crippen LogP contribution in [0.2, 0.25) is 5.02 Å². The Labute approximate surface area is 191 Å². The topological polar surface area (TPSA) is 118 Å². The minimum atomic E-state index is -4.28. The van der Waals surface area contributed by atoms with Gasteiger partial charge < -0.3 is 10.6 Å². The molecule has 1 fully saturated rings. The molecule has 1 saturated heterocycles. The minimum Gasteiger partial charge on any atom is -0.358 e. The SMILES string of the molecule is CNC(=O)C1CN(S(=O)(=O)c2cc3cc(Cl)ccc3n2S(=O)(=O)c2ccccc2)CCN1. The van der Waals surface area contributed by atoms with Gasteiger partial charge in [0.2, 0.25) is 5.91 Å². The number of piperazine rings is 1. The van der Waals surface area contributed by atoms with Gasteiger partial charge in [-0.3, -0.25) is 4.79 Å². The van der Waals surface area contributed by atoms with Crippen LogP contribution in [-0.2, 0) is 24.8 Å². The zero-order valence-corrected chi connectivity index (χ0v) is 19.4. The lowest BCUT2D eigenvalue weighted by Gasteiger charge is -2.32. The predicted octanol–water partition coefficient (Wildman–Crippen LogP) is 1.24. The summed E-state index contributed by atoms with van der Waals surface area (Å²) in [6.07, 6.45) is 0. The van der Waals surface area contributed by atoms with Gasteiger partial charge in [0.05, 0.1) is 10.4 Å². The summed E-state index contributed by atoms with van der Waals surface area (Å²) in [5.41, 5.74) is 0.190. The Morgan fingerprint density at radius 2 is 1.78 bits per heavy atom. The molecule has 1 amide bonds. The summed E-state index contributed by atoms with van der Waals surface area (Å²) in [4.78, 5) is 12.0.